The summed E-state index contributed by atoms with van der Waals surface area (Å²) in [6.45, 7) is 2.35. The molecule has 1 spiro atoms. The van der Waals surface area contributed by atoms with Crippen molar-refractivity contribution in [3.63, 3.8) is 0 Å². The van der Waals surface area contributed by atoms with E-state index in [0.717, 1.165) is 11.3 Å². The summed E-state index contributed by atoms with van der Waals surface area (Å²) in [7, 11) is 4.53. The van der Waals surface area contributed by atoms with Crippen molar-refractivity contribution >= 4 is 34.9 Å². The Morgan fingerprint density at radius 1 is 0.850 bits per heavy atom. The fourth-order valence-electron chi connectivity index (χ4n) is 5.87. The number of methoxy groups -OCH3 is 3. The fourth-order valence-corrected chi connectivity index (χ4v) is 6.00. The molecule has 0 saturated carbocycles. The average Bonchev–Trinajstić information content (AvgIpc) is 2.99. The van der Waals surface area contributed by atoms with Gasteiger partial charge in [0.1, 0.15) is 0 Å². The van der Waals surface area contributed by atoms with Gasteiger partial charge in [-0.2, -0.15) is 0 Å². The van der Waals surface area contributed by atoms with Crippen LogP contribution in [0.1, 0.15) is 52.1 Å². The Bertz CT molecular complexity index is 1420. The molecule has 3 aromatic carbocycles. The van der Waals surface area contributed by atoms with Crippen LogP contribution >= 0.6 is 11.6 Å². The quantitative estimate of drug-likeness (QED) is 0.276. The van der Waals surface area contributed by atoms with Gasteiger partial charge in [0, 0.05) is 34.9 Å². The number of hydrogen-bond acceptors (Lipinski definition) is 6. The van der Waals surface area contributed by atoms with Gasteiger partial charge < -0.3 is 24.0 Å². The number of rotatable bonds is 7. The van der Waals surface area contributed by atoms with E-state index in [1.54, 1.807) is 34.1 Å². The fraction of sp³-hybridized carbons (Fsp3) is 0.323. The lowest BCUT2D eigenvalue weighted by Gasteiger charge is -2.59. The first-order chi connectivity index (χ1) is 19.2. The van der Waals surface area contributed by atoms with Crippen LogP contribution in [0.3, 0.4) is 0 Å². The van der Waals surface area contributed by atoms with Gasteiger partial charge in [-0.15, -0.1) is 0 Å². The number of Topliss-reactive ketones (excluding diaryl/α,β-unsaturated/α-hetero) is 1. The van der Waals surface area contributed by atoms with E-state index >= 15 is 0 Å². The zero-order valence-corrected chi connectivity index (χ0v) is 23.7. The van der Waals surface area contributed by atoms with Crippen LogP contribution in [-0.2, 0) is 4.79 Å². The number of nitrogens with zero attached hydrogens (tertiary/aromatic N) is 2. The third-order valence-corrected chi connectivity index (χ3v) is 8.27. The number of benzene rings is 3. The van der Waals surface area contributed by atoms with E-state index in [9.17, 15) is 14.4 Å². The van der Waals surface area contributed by atoms with Crippen molar-refractivity contribution in [2.24, 2.45) is 5.41 Å². The van der Waals surface area contributed by atoms with Crippen molar-refractivity contribution in [3.05, 3.63) is 82.4 Å². The first kappa shape index (κ1) is 27.5. The number of β-lactam (4-membered cyclic amide) rings is 1. The highest BCUT2D eigenvalue weighted by Gasteiger charge is 2.62. The molecule has 0 aromatic heterocycles. The minimum atomic E-state index is -0.654. The van der Waals surface area contributed by atoms with E-state index < -0.39 is 5.41 Å². The summed E-state index contributed by atoms with van der Waals surface area (Å²) in [5.74, 6) is 1.05. The molecule has 0 bridgehead atoms. The van der Waals surface area contributed by atoms with Crippen LogP contribution in [-0.4, -0.2) is 56.9 Å². The lowest BCUT2D eigenvalue weighted by molar-refractivity contribution is -0.144. The predicted molar refractivity (Wildman–Crippen MR) is 152 cm³/mol. The van der Waals surface area contributed by atoms with E-state index in [-0.39, 0.29) is 23.6 Å². The number of piperidine rings is 1. The van der Waals surface area contributed by atoms with Crippen LogP contribution in [0.25, 0.3) is 0 Å². The third kappa shape index (κ3) is 4.56. The third-order valence-electron chi connectivity index (χ3n) is 8.02. The Morgan fingerprint density at radius 3 is 1.93 bits per heavy atom. The van der Waals surface area contributed by atoms with E-state index in [1.807, 2.05) is 36.4 Å². The molecule has 3 aromatic rings. The van der Waals surface area contributed by atoms with Gasteiger partial charge >= 0.3 is 0 Å². The molecule has 0 N–H and O–H groups in total. The molecule has 40 heavy (non-hydrogen) atoms. The summed E-state index contributed by atoms with van der Waals surface area (Å²) in [6, 6.07) is 17.7. The Kier molecular flexibility index (Phi) is 7.47. The van der Waals surface area contributed by atoms with E-state index in [0.29, 0.717) is 59.3 Å². The van der Waals surface area contributed by atoms with Gasteiger partial charge in [-0.05, 0) is 73.9 Å². The highest BCUT2D eigenvalue weighted by atomic mass is 35.5. The van der Waals surface area contributed by atoms with Crippen molar-refractivity contribution in [3.8, 4) is 17.2 Å². The molecule has 2 saturated heterocycles. The molecule has 5 rings (SSSR count). The van der Waals surface area contributed by atoms with Crippen LogP contribution in [0.5, 0.6) is 17.2 Å². The van der Waals surface area contributed by atoms with Gasteiger partial charge in [-0.1, -0.05) is 23.7 Å². The maximum absolute atomic E-state index is 13.9. The second-order valence-corrected chi connectivity index (χ2v) is 10.5. The monoisotopic (exact) mass is 562 g/mol. The van der Waals surface area contributed by atoms with Gasteiger partial charge in [0.25, 0.3) is 5.91 Å². The molecule has 8 nitrogen and oxygen atoms in total. The molecule has 1 unspecified atom stereocenters. The smallest absolute Gasteiger partial charge is 0.254 e. The molecule has 0 radical (unpaired) electrons. The summed E-state index contributed by atoms with van der Waals surface area (Å²) in [6.07, 6.45) is 1.02. The molecular weight excluding hydrogens is 532 g/mol. The van der Waals surface area contributed by atoms with Gasteiger partial charge in [0.05, 0.1) is 32.8 Å². The van der Waals surface area contributed by atoms with Crippen molar-refractivity contribution in [2.75, 3.05) is 39.3 Å². The summed E-state index contributed by atoms with van der Waals surface area (Å²) < 4.78 is 16.2. The molecule has 2 heterocycles. The second-order valence-electron chi connectivity index (χ2n) is 10.1. The van der Waals surface area contributed by atoms with Crippen molar-refractivity contribution < 1.29 is 28.6 Å². The van der Waals surface area contributed by atoms with Gasteiger partial charge in [0.15, 0.2) is 17.3 Å². The highest BCUT2D eigenvalue weighted by Crippen LogP contribution is 2.57. The summed E-state index contributed by atoms with van der Waals surface area (Å²) in [5.41, 5.74) is 2.07. The average molecular weight is 563 g/mol. The Balaban J connectivity index is 1.42. The summed E-state index contributed by atoms with van der Waals surface area (Å²) >= 11 is 6.18. The molecule has 1 atom stereocenters. The first-order valence-electron chi connectivity index (χ1n) is 13.0. The van der Waals surface area contributed by atoms with E-state index in [2.05, 4.69) is 0 Å². The largest absolute Gasteiger partial charge is 0.493 e. The minimum absolute atomic E-state index is 0.0166. The van der Waals surface area contributed by atoms with Crippen LogP contribution in [0.4, 0.5) is 5.69 Å². The maximum atomic E-state index is 13.9. The number of anilines is 1. The number of amides is 2. The SMILES string of the molecule is COc1cc(C(=O)N2CCC3(CC2)C(=O)N(c2ccc(C(C)=O)cc2)C3c2ccc(Cl)cc2)cc(OC)c1OC. The van der Waals surface area contributed by atoms with Crippen LogP contribution in [0, 0.1) is 5.41 Å². The number of halogens is 1. The molecule has 2 fully saturated rings. The van der Waals surface area contributed by atoms with Crippen LogP contribution in [0.15, 0.2) is 60.7 Å². The zero-order chi connectivity index (χ0) is 28.6. The summed E-state index contributed by atoms with van der Waals surface area (Å²) in [4.78, 5) is 42.8. The normalized spacial score (nSPS) is 17.8. The molecule has 9 heteroatoms. The summed E-state index contributed by atoms with van der Waals surface area (Å²) in [5, 5.41) is 0.617. The molecule has 2 amide bonds. The number of ether oxygens (including phenoxy) is 3. The highest BCUT2D eigenvalue weighted by molar-refractivity contribution is 6.30. The number of likely N-dealkylation sites (tertiary alicyclic amines) is 1. The molecule has 208 valence electrons. The van der Waals surface area contributed by atoms with Crippen molar-refractivity contribution in [1.29, 1.82) is 0 Å². The van der Waals surface area contributed by atoms with Crippen molar-refractivity contribution in [1.82, 2.24) is 4.90 Å². The standard InChI is InChI=1S/C31H31ClN2O6/c1-19(35)20-7-11-24(12-8-20)34-28(21-5-9-23(32)10-6-21)31(30(34)37)13-15-33(16-14-31)29(36)22-17-25(38-2)27(40-4)26(18-22)39-3/h5-12,17-18,28H,13-16H2,1-4H3. The zero-order valence-electron chi connectivity index (χ0n) is 22.9. The first-order valence-corrected chi connectivity index (χ1v) is 13.4. The van der Waals surface area contributed by atoms with Gasteiger partial charge in [-0.25, -0.2) is 0 Å². The van der Waals surface area contributed by atoms with Crippen LogP contribution in [0.2, 0.25) is 5.02 Å². The maximum Gasteiger partial charge on any atom is 0.254 e. The number of hydrogen-bond donors (Lipinski definition) is 0. The van der Waals surface area contributed by atoms with E-state index in [1.165, 1.54) is 28.3 Å². The van der Waals surface area contributed by atoms with Gasteiger partial charge in [0.2, 0.25) is 11.7 Å². The lowest BCUT2D eigenvalue weighted by Crippen LogP contribution is -2.67. The Labute approximate surface area is 238 Å². The minimum Gasteiger partial charge on any atom is -0.493 e. The molecule has 0 aliphatic carbocycles. The van der Waals surface area contributed by atoms with Gasteiger partial charge in [-0.3, -0.25) is 14.4 Å². The Morgan fingerprint density at radius 2 is 1.43 bits per heavy atom. The Hall–Kier alpha value is -4.04. The van der Waals surface area contributed by atoms with Crippen molar-refractivity contribution in [2.45, 2.75) is 25.8 Å². The molecule has 2 aliphatic heterocycles. The topological polar surface area (TPSA) is 85.4 Å². The number of ketones is 1. The number of carbonyl (C=O) groups excluding carboxylic acids is 3. The second kappa shape index (κ2) is 10.8. The lowest BCUT2D eigenvalue weighted by atomic mass is 9.62. The predicted octanol–water partition coefficient (Wildman–Crippen LogP) is 5.58. The number of carbonyl (C=O) groups is 3. The molecular formula is C31H31ClN2O6. The molecule has 2 aliphatic rings. The van der Waals surface area contributed by atoms with Crippen LogP contribution < -0.4 is 19.1 Å². The van der Waals surface area contributed by atoms with E-state index in [4.69, 9.17) is 25.8 Å².